The van der Waals surface area contributed by atoms with Crippen LogP contribution in [0.2, 0.25) is 0 Å². The summed E-state index contributed by atoms with van der Waals surface area (Å²) >= 11 is 0. The van der Waals surface area contributed by atoms with Gasteiger partial charge in [0, 0.05) is 13.1 Å². The molecule has 1 saturated carbocycles. The highest BCUT2D eigenvalue weighted by Gasteiger charge is 2.43. The van der Waals surface area contributed by atoms with E-state index in [1.165, 1.54) is 19.3 Å². The van der Waals surface area contributed by atoms with Gasteiger partial charge in [0.1, 0.15) is 5.41 Å². The van der Waals surface area contributed by atoms with Gasteiger partial charge < -0.3 is 4.90 Å². The zero-order valence-corrected chi connectivity index (χ0v) is 10.6. The Hall–Kier alpha value is -1.04. The Bertz CT molecular complexity index is 305. The maximum atomic E-state index is 12.5. The lowest BCUT2D eigenvalue weighted by Gasteiger charge is -2.31. The largest absolute Gasteiger partial charge is 0.341 e. The highest BCUT2D eigenvalue weighted by Crippen LogP contribution is 2.39. The van der Waals surface area contributed by atoms with Crippen molar-refractivity contribution in [2.24, 2.45) is 5.41 Å². The molecule has 1 aliphatic heterocycles. The van der Waals surface area contributed by atoms with Crippen molar-refractivity contribution in [1.29, 1.82) is 5.26 Å². The Balaban J connectivity index is 2.04. The van der Waals surface area contributed by atoms with Gasteiger partial charge in [0.15, 0.2) is 0 Å². The Labute approximate surface area is 104 Å². The van der Waals surface area contributed by atoms with Gasteiger partial charge in [0.25, 0.3) is 0 Å². The lowest BCUT2D eigenvalue weighted by Crippen LogP contribution is -2.43. The molecular weight excluding hydrogens is 212 g/mol. The maximum Gasteiger partial charge on any atom is 0.243 e. The molecule has 0 spiro atoms. The SMILES string of the molecule is N#CC1(C(=O)N2CCCCCCC2)CCCC1. The summed E-state index contributed by atoms with van der Waals surface area (Å²) in [6.45, 7) is 1.73. The second-order valence-electron chi connectivity index (χ2n) is 5.46. The molecule has 0 aromatic heterocycles. The van der Waals surface area contributed by atoms with E-state index in [0.29, 0.717) is 0 Å². The summed E-state index contributed by atoms with van der Waals surface area (Å²) in [6.07, 6.45) is 9.58. The molecule has 0 aromatic rings. The van der Waals surface area contributed by atoms with Crippen LogP contribution in [0.5, 0.6) is 0 Å². The molecule has 94 valence electrons. The summed E-state index contributed by atoms with van der Waals surface area (Å²) < 4.78 is 0. The van der Waals surface area contributed by atoms with Crippen molar-refractivity contribution in [3.63, 3.8) is 0 Å². The van der Waals surface area contributed by atoms with Crippen LogP contribution in [0.25, 0.3) is 0 Å². The molecule has 3 nitrogen and oxygen atoms in total. The molecule has 1 amide bonds. The Morgan fingerprint density at radius 1 is 0.941 bits per heavy atom. The number of carbonyl (C=O) groups is 1. The third-order valence-corrected chi connectivity index (χ3v) is 4.22. The quantitative estimate of drug-likeness (QED) is 0.700. The number of nitriles is 1. The van der Waals surface area contributed by atoms with Crippen LogP contribution in [0.4, 0.5) is 0 Å². The lowest BCUT2D eigenvalue weighted by molar-refractivity contribution is -0.139. The van der Waals surface area contributed by atoms with Crippen molar-refractivity contribution < 1.29 is 4.79 Å². The van der Waals surface area contributed by atoms with Crippen molar-refractivity contribution >= 4 is 5.91 Å². The predicted molar refractivity (Wildman–Crippen MR) is 66.2 cm³/mol. The molecule has 2 rings (SSSR count). The summed E-state index contributed by atoms with van der Waals surface area (Å²) in [5.74, 6) is 0.124. The Kier molecular flexibility index (Phi) is 4.04. The van der Waals surface area contributed by atoms with E-state index >= 15 is 0 Å². The van der Waals surface area contributed by atoms with Gasteiger partial charge in [-0.05, 0) is 25.7 Å². The number of nitrogens with zero attached hydrogens (tertiary/aromatic N) is 2. The van der Waals surface area contributed by atoms with E-state index in [4.69, 9.17) is 0 Å². The number of likely N-dealkylation sites (tertiary alicyclic amines) is 1. The van der Waals surface area contributed by atoms with E-state index in [9.17, 15) is 10.1 Å². The molecule has 1 aliphatic carbocycles. The number of amides is 1. The van der Waals surface area contributed by atoms with Gasteiger partial charge >= 0.3 is 0 Å². The van der Waals surface area contributed by atoms with Crippen molar-refractivity contribution in [2.75, 3.05) is 13.1 Å². The highest BCUT2D eigenvalue weighted by atomic mass is 16.2. The molecule has 0 bridgehead atoms. The fraction of sp³-hybridized carbons (Fsp3) is 0.857. The zero-order valence-electron chi connectivity index (χ0n) is 10.6. The summed E-state index contributed by atoms with van der Waals surface area (Å²) in [7, 11) is 0. The summed E-state index contributed by atoms with van der Waals surface area (Å²) in [5.41, 5.74) is -0.667. The number of rotatable bonds is 1. The first-order valence-electron chi connectivity index (χ1n) is 6.99. The standard InChI is InChI=1S/C14H22N2O/c15-12-14(8-4-5-9-14)13(17)16-10-6-2-1-3-7-11-16/h1-11H2. The maximum absolute atomic E-state index is 12.5. The van der Waals surface area contributed by atoms with Crippen LogP contribution in [0.15, 0.2) is 0 Å². The first-order valence-corrected chi connectivity index (χ1v) is 6.99. The van der Waals surface area contributed by atoms with Crippen LogP contribution >= 0.6 is 0 Å². The molecular formula is C14H22N2O. The number of carbonyl (C=O) groups excluding carboxylic acids is 1. The van der Waals surface area contributed by atoms with Gasteiger partial charge in [-0.1, -0.05) is 32.1 Å². The third-order valence-electron chi connectivity index (χ3n) is 4.22. The fourth-order valence-electron chi connectivity index (χ4n) is 3.11. The molecule has 1 saturated heterocycles. The minimum Gasteiger partial charge on any atom is -0.341 e. The molecule has 3 heteroatoms. The minimum absolute atomic E-state index is 0.124. The summed E-state index contributed by atoms with van der Waals surface area (Å²) in [5, 5.41) is 9.35. The second kappa shape index (κ2) is 5.53. The van der Waals surface area contributed by atoms with Crippen LogP contribution in [-0.4, -0.2) is 23.9 Å². The number of hydrogen-bond acceptors (Lipinski definition) is 2. The van der Waals surface area contributed by atoms with Crippen LogP contribution < -0.4 is 0 Å². The van der Waals surface area contributed by atoms with Crippen molar-refractivity contribution in [3.8, 4) is 6.07 Å². The van der Waals surface area contributed by atoms with Crippen molar-refractivity contribution in [3.05, 3.63) is 0 Å². The van der Waals surface area contributed by atoms with Gasteiger partial charge in [0.2, 0.25) is 5.91 Å². The third kappa shape index (κ3) is 2.62. The number of hydrogen-bond donors (Lipinski definition) is 0. The molecule has 2 fully saturated rings. The molecule has 0 N–H and O–H groups in total. The second-order valence-corrected chi connectivity index (χ2v) is 5.46. The predicted octanol–water partition coefficient (Wildman–Crippen LogP) is 2.86. The minimum atomic E-state index is -0.667. The molecule has 0 radical (unpaired) electrons. The first kappa shape index (κ1) is 12.4. The zero-order chi connectivity index (χ0) is 12.1. The van der Waals surface area contributed by atoms with Crippen LogP contribution in [0.1, 0.15) is 57.8 Å². The molecule has 0 aromatic carbocycles. The Morgan fingerprint density at radius 3 is 2.00 bits per heavy atom. The normalized spacial score (nSPS) is 24.8. The van der Waals surface area contributed by atoms with E-state index in [1.807, 2.05) is 4.90 Å². The van der Waals surface area contributed by atoms with Gasteiger partial charge in [-0.25, -0.2) is 0 Å². The van der Waals surface area contributed by atoms with Gasteiger partial charge in [-0.2, -0.15) is 5.26 Å². The molecule has 0 unspecified atom stereocenters. The summed E-state index contributed by atoms with van der Waals surface area (Å²) in [6, 6.07) is 2.32. The van der Waals surface area contributed by atoms with Crippen LogP contribution in [0, 0.1) is 16.7 Å². The average Bonchev–Trinajstić information content (AvgIpc) is 2.77. The van der Waals surface area contributed by atoms with E-state index in [1.54, 1.807) is 0 Å². The van der Waals surface area contributed by atoms with Gasteiger partial charge in [-0.3, -0.25) is 4.79 Å². The highest BCUT2D eigenvalue weighted by molar-refractivity contribution is 5.85. The van der Waals surface area contributed by atoms with E-state index in [2.05, 4.69) is 6.07 Å². The monoisotopic (exact) mass is 234 g/mol. The van der Waals surface area contributed by atoms with E-state index in [-0.39, 0.29) is 5.91 Å². The van der Waals surface area contributed by atoms with E-state index in [0.717, 1.165) is 51.6 Å². The Morgan fingerprint density at radius 2 is 1.47 bits per heavy atom. The molecule has 0 atom stereocenters. The molecule has 17 heavy (non-hydrogen) atoms. The molecule has 2 aliphatic rings. The average molecular weight is 234 g/mol. The lowest BCUT2D eigenvalue weighted by atomic mass is 9.86. The van der Waals surface area contributed by atoms with Crippen LogP contribution in [-0.2, 0) is 4.79 Å². The van der Waals surface area contributed by atoms with Crippen molar-refractivity contribution in [2.45, 2.75) is 57.8 Å². The first-order chi connectivity index (χ1) is 8.28. The van der Waals surface area contributed by atoms with Crippen molar-refractivity contribution in [1.82, 2.24) is 4.90 Å². The molecule has 1 heterocycles. The van der Waals surface area contributed by atoms with Crippen LogP contribution in [0.3, 0.4) is 0 Å². The van der Waals surface area contributed by atoms with Gasteiger partial charge in [-0.15, -0.1) is 0 Å². The summed E-state index contributed by atoms with van der Waals surface area (Å²) in [4.78, 5) is 14.5. The smallest absolute Gasteiger partial charge is 0.243 e. The van der Waals surface area contributed by atoms with Gasteiger partial charge in [0.05, 0.1) is 6.07 Å². The fourth-order valence-corrected chi connectivity index (χ4v) is 3.11. The van der Waals surface area contributed by atoms with E-state index < -0.39 is 5.41 Å². The topological polar surface area (TPSA) is 44.1 Å².